The van der Waals surface area contributed by atoms with Crippen molar-refractivity contribution in [3.05, 3.63) is 65.4 Å². The van der Waals surface area contributed by atoms with Gasteiger partial charge < -0.3 is 4.13 Å². The third kappa shape index (κ3) is 5.57. The van der Waals surface area contributed by atoms with E-state index in [1.54, 1.807) is 0 Å². The summed E-state index contributed by atoms with van der Waals surface area (Å²) in [5.74, 6) is 0. The van der Waals surface area contributed by atoms with Gasteiger partial charge in [-0.25, -0.2) is 16.8 Å². The maximum Gasteiger partial charge on any atom is 0.480 e. The highest BCUT2D eigenvalue weighted by molar-refractivity contribution is 8.12. The lowest BCUT2D eigenvalue weighted by Crippen LogP contribution is -3.61. The van der Waals surface area contributed by atoms with Gasteiger partial charge in [0.1, 0.15) is 10.0 Å². The van der Waals surface area contributed by atoms with E-state index >= 15 is 0 Å². The minimum absolute atomic E-state index is 0.369. The molecule has 0 saturated heterocycles. The first-order chi connectivity index (χ1) is 12.6. The number of hydrogen-bond acceptors (Lipinski definition) is 4. The molecule has 2 aromatic rings. The number of benzene rings is 2. The second-order valence-corrected chi connectivity index (χ2v) is 11.5. The van der Waals surface area contributed by atoms with Gasteiger partial charge in [-0.2, -0.15) is 26.3 Å². The summed E-state index contributed by atoms with van der Waals surface area (Å²) in [6, 6.07) is 8.55. The Kier molecular flexibility index (Phi) is 6.37. The van der Waals surface area contributed by atoms with Crippen molar-refractivity contribution in [2.45, 2.75) is 16.6 Å². The second-order valence-electron chi connectivity index (χ2n) is 5.03. The van der Waals surface area contributed by atoms with Gasteiger partial charge in [-0.15, -0.1) is 0 Å². The maximum atomic E-state index is 12.7. The Morgan fingerprint density at radius 1 is 0.786 bits per heavy atom. The molecule has 154 valence electrons. The molecule has 0 aliphatic carbocycles. The van der Waals surface area contributed by atoms with Gasteiger partial charge in [-0.3, -0.25) is 0 Å². The quantitative estimate of drug-likeness (QED) is 0.400. The van der Waals surface area contributed by atoms with E-state index in [1.807, 2.05) is 4.13 Å². The molecule has 0 spiro atoms. The fraction of sp³-hybridized carbons (Fsp3) is 0.143. The molecule has 0 fully saturated rings. The summed E-state index contributed by atoms with van der Waals surface area (Å²) in [7, 11) is -11.4. The van der Waals surface area contributed by atoms with E-state index in [9.17, 15) is 43.2 Å². The van der Waals surface area contributed by atoms with E-state index in [0.29, 0.717) is 7.14 Å². The summed E-state index contributed by atoms with van der Waals surface area (Å²) in [5.41, 5.74) is -6.71. The molecule has 0 aromatic heterocycles. The van der Waals surface area contributed by atoms with Crippen LogP contribution in [0, 0.1) is 7.14 Å². The van der Waals surface area contributed by atoms with Crippen molar-refractivity contribution in [1.82, 2.24) is 0 Å². The molecule has 0 bridgehead atoms. The van der Waals surface area contributed by atoms with Crippen LogP contribution in [0.25, 0.3) is 4.13 Å². The monoisotopic (exact) mass is 559 g/mol. The van der Waals surface area contributed by atoms with Crippen LogP contribution in [0.5, 0.6) is 0 Å². The molecule has 0 aliphatic heterocycles. The van der Waals surface area contributed by atoms with Crippen molar-refractivity contribution in [1.29, 1.82) is 0 Å². The van der Waals surface area contributed by atoms with Crippen molar-refractivity contribution in [3.8, 4) is 0 Å². The van der Waals surface area contributed by atoms with Gasteiger partial charge in [-0.1, -0.05) is 6.07 Å². The van der Waals surface area contributed by atoms with E-state index in [4.69, 9.17) is 0 Å². The van der Waals surface area contributed by atoms with Crippen LogP contribution in [0.2, 0.25) is 0 Å². The molecule has 2 rings (SSSR count). The lowest BCUT2D eigenvalue weighted by molar-refractivity contribution is -0.597. The molecular formula is C14H8F6INO4S2. The number of halogens is 7. The Balaban J connectivity index is 2.22. The van der Waals surface area contributed by atoms with Gasteiger partial charge in [0.15, 0.2) is 17.2 Å². The number of hydrogen-bond donors (Lipinski definition) is 0. The lowest BCUT2D eigenvalue weighted by Gasteiger charge is -2.21. The van der Waals surface area contributed by atoms with Crippen LogP contribution < -0.4 is 21.2 Å². The first kappa shape index (κ1) is 22.9. The minimum Gasteiger partial charge on any atom is -0.424 e. The van der Waals surface area contributed by atoms with E-state index < -0.39 is 63.4 Å². The lowest BCUT2D eigenvalue weighted by atomic mass is 10.2. The molecule has 0 heterocycles. The summed E-state index contributed by atoms with van der Waals surface area (Å²) in [4.78, 5) is -0.794. The molecule has 28 heavy (non-hydrogen) atoms. The van der Waals surface area contributed by atoms with Crippen LogP contribution in [-0.2, 0) is 26.2 Å². The molecule has 0 saturated carbocycles. The van der Waals surface area contributed by atoms with Crippen molar-refractivity contribution in [3.63, 3.8) is 0 Å². The van der Waals surface area contributed by atoms with Gasteiger partial charge in [0.05, 0.1) is 5.56 Å². The van der Waals surface area contributed by atoms with E-state index in [-0.39, 0.29) is 0 Å². The zero-order chi connectivity index (χ0) is 21.4. The molecule has 0 unspecified atom stereocenters. The van der Waals surface area contributed by atoms with Crippen molar-refractivity contribution in [2.24, 2.45) is 0 Å². The minimum atomic E-state index is -6.24. The topological polar surface area (TPSA) is 82.4 Å². The van der Waals surface area contributed by atoms with Crippen LogP contribution >= 0.6 is 0 Å². The summed E-state index contributed by atoms with van der Waals surface area (Å²) in [5, 5.41) is 0. The van der Waals surface area contributed by atoms with E-state index in [0.717, 1.165) is 24.3 Å². The average Bonchev–Trinajstić information content (AvgIpc) is 2.53. The summed E-state index contributed by atoms with van der Waals surface area (Å²) in [6.45, 7) is 0. The third-order valence-electron chi connectivity index (χ3n) is 2.97. The highest BCUT2D eigenvalue weighted by Gasteiger charge is 2.40. The van der Waals surface area contributed by atoms with Crippen molar-refractivity contribution < 1.29 is 64.4 Å². The van der Waals surface area contributed by atoms with Gasteiger partial charge in [0.25, 0.3) is 0 Å². The molecule has 0 atom stereocenters. The predicted molar refractivity (Wildman–Crippen MR) is 80.8 cm³/mol. The van der Waals surface area contributed by atoms with Crippen molar-refractivity contribution >= 4 is 20.0 Å². The standard InChI is InChI=1S/C14H8F6INO4S2/c15-13(16,17)9-2-1-3-11(8-9)21-10-4-6-12(7-5-10)27(23,24)22-28(25,26)14(18,19)20/h1-8H. The van der Waals surface area contributed by atoms with Gasteiger partial charge in [0, 0.05) is 11.0 Å². The number of rotatable bonds is 5. The average molecular weight is 559 g/mol. The molecule has 0 amide bonds. The second kappa shape index (κ2) is 7.79. The van der Waals surface area contributed by atoms with Crippen LogP contribution in [-0.4, -0.2) is 22.3 Å². The van der Waals surface area contributed by atoms with Crippen LogP contribution in [0.15, 0.2) is 53.4 Å². The normalized spacial score (nSPS) is 13.5. The Morgan fingerprint density at radius 2 is 1.36 bits per heavy atom. The Labute approximate surface area is 166 Å². The largest absolute Gasteiger partial charge is 0.480 e. The molecule has 0 radical (unpaired) electrons. The first-order valence-corrected chi connectivity index (χ1v) is 11.9. The third-order valence-corrected chi connectivity index (χ3v) is 8.63. The smallest absolute Gasteiger partial charge is 0.424 e. The highest BCUT2D eigenvalue weighted by atomic mass is 127. The Morgan fingerprint density at radius 3 is 1.86 bits per heavy atom. The molecule has 14 heteroatoms. The summed E-state index contributed by atoms with van der Waals surface area (Å²) in [6.07, 6.45) is -4.52. The fourth-order valence-corrected chi connectivity index (χ4v) is 6.25. The van der Waals surface area contributed by atoms with E-state index in [1.165, 1.54) is 24.3 Å². The number of nitrogens with zero attached hydrogens (tertiary/aromatic N) is 1. The van der Waals surface area contributed by atoms with E-state index in [2.05, 4.69) is 0 Å². The predicted octanol–water partition coefficient (Wildman–Crippen LogP) is 0.746. The number of alkyl halides is 6. The SMILES string of the molecule is O=S(=O)([N-]S(=O)(=O)C(F)(F)F)c1ccc([I+]c2cccc(C(F)(F)F)c2)cc1. The van der Waals surface area contributed by atoms with Gasteiger partial charge in [-0.05, 0) is 36.4 Å². The molecule has 2 aromatic carbocycles. The summed E-state index contributed by atoms with van der Waals surface area (Å²) < 4.78 is 123. The zero-order valence-corrected chi connectivity index (χ0v) is 17.0. The van der Waals surface area contributed by atoms with Crippen LogP contribution in [0.4, 0.5) is 26.3 Å². The Hall–Kier alpha value is -1.39. The molecular weight excluding hydrogens is 551 g/mol. The van der Waals surface area contributed by atoms with Crippen molar-refractivity contribution in [2.75, 3.05) is 0 Å². The van der Waals surface area contributed by atoms with Crippen LogP contribution in [0.1, 0.15) is 5.56 Å². The molecule has 0 N–H and O–H groups in total. The highest BCUT2D eigenvalue weighted by Crippen LogP contribution is 2.32. The fourth-order valence-electron chi connectivity index (χ4n) is 1.73. The van der Waals surface area contributed by atoms with Gasteiger partial charge in [0.2, 0.25) is 0 Å². The zero-order valence-electron chi connectivity index (χ0n) is 13.2. The molecule has 0 aliphatic rings. The first-order valence-electron chi connectivity index (χ1n) is 6.84. The number of sulfonamides is 2. The van der Waals surface area contributed by atoms with Crippen LogP contribution in [0.3, 0.4) is 0 Å². The maximum absolute atomic E-state index is 12.7. The van der Waals surface area contributed by atoms with Gasteiger partial charge >= 0.3 is 32.9 Å². The Bertz CT molecular complexity index is 1060. The molecule has 5 nitrogen and oxygen atoms in total. The summed E-state index contributed by atoms with van der Waals surface area (Å²) >= 11 is -1.16.